The molecule has 0 radical (unpaired) electrons. The summed E-state index contributed by atoms with van der Waals surface area (Å²) in [5, 5.41) is 8.87. The van der Waals surface area contributed by atoms with Gasteiger partial charge >= 0.3 is 5.97 Å². The Morgan fingerprint density at radius 2 is 2.20 bits per heavy atom. The lowest BCUT2D eigenvalue weighted by atomic mass is 10.4. The predicted octanol–water partition coefficient (Wildman–Crippen LogP) is 1.20. The van der Waals surface area contributed by atoms with Crippen LogP contribution in [0, 0.1) is 0 Å². The molecule has 0 bridgehead atoms. The molecule has 1 N–H and O–H groups in total. The zero-order chi connectivity index (χ0) is 10.8. The normalized spacial score (nSPS) is 15.9. The topological polar surface area (TPSA) is 58.4 Å². The molecule has 82 valence electrons. The van der Waals surface area contributed by atoms with E-state index in [-0.39, 0.29) is 5.69 Å². The number of imidazole rings is 1. The van der Waals surface area contributed by atoms with Gasteiger partial charge in [-0.15, -0.1) is 0 Å². The number of aromatic nitrogens is 2. The number of carboxylic acid groups (broad SMARTS) is 1. The number of carbonyl (C=O) groups is 1. The second-order valence-corrected chi connectivity index (χ2v) is 3.71. The van der Waals surface area contributed by atoms with E-state index in [2.05, 4.69) is 9.88 Å². The molecule has 0 aliphatic carbocycles. The minimum Gasteiger partial charge on any atom is -0.476 e. The lowest BCUT2D eigenvalue weighted by Gasteiger charge is -2.16. The molecule has 0 aromatic carbocycles. The second-order valence-electron chi connectivity index (χ2n) is 3.71. The summed E-state index contributed by atoms with van der Waals surface area (Å²) in [6.45, 7) is 4.71. The Balaban J connectivity index is 2.31. The first-order valence-electron chi connectivity index (χ1n) is 5.27. The molecule has 1 aromatic heterocycles. The van der Waals surface area contributed by atoms with Gasteiger partial charge in [-0.2, -0.15) is 0 Å². The summed E-state index contributed by atoms with van der Waals surface area (Å²) in [5.74, 6) is -0.157. The number of rotatable bonds is 3. The highest BCUT2D eigenvalue weighted by Crippen LogP contribution is 2.19. The van der Waals surface area contributed by atoms with Crippen molar-refractivity contribution in [3.8, 4) is 0 Å². The summed E-state index contributed by atoms with van der Waals surface area (Å²) in [7, 11) is 0. The van der Waals surface area contributed by atoms with E-state index in [4.69, 9.17) is 5.11 Å². The van der Waals surface area contributed by atoms with Crippen molar-refractivity contribution >= 4 is 11.9 Å². The van der Waals surface area contributed by atoms with Crippen molar-refractivity contribution < 1.29 is 9.90 Å². The molecule has 1 aliphatic heterocycles. The number of hydrogen-bond acceptors (Lipinski definition) is 3. The molecule has 1 fully saturated rings. The van der Waals surface area contributed by atoms with Gasteiger partial charge in [0.15, 0.2) is 5.69 Å². The van der Waals surface area contributed by atoms with E-state index in [1.165, 1.54) is 12.8 Å². The van der Waals surface area contributed by atoms with Gasteiger partial charge in [-0.3, -0.25) is 0 Å². The van der Waals surface area contributed by atoms with E-state index >= 15 is 0 Å². The second kappa shape index (κ2) is 3.92. The summed E-state index contributed by atoms with van der Waals surface area (Å²) in [6, 6.07) is 0. The van der Waals surface area contributed by atoms with Crippen LogP contribution in [0.4, 0.5) is 5.95 Å². The fourth-order valence-corrected chi connectivity index (χ4v) is 1.91. The van der Waals surface area contributed by atoms with E-state index < -0.39 is 5.97 Å². The molecular formula is C10H15N3O2. The van der Waals surface area contributed by atoms with Crippen molar-refractivity contribution in [1.82, 2.24) is 9.55 Å². The van der Waals surface area contributed by atoms with Crippen molar-refractivity contribution in [2.75, 3.05) is 18.0 Å². The van der Waals surface area contributed by atoms with Crippen LogP contribution in [0.1, 0.15) is 30.3 Å². The number of aromatic carboxylic acids is 1. The lowest BCUT2D eigenvalue weighted by Crippen LogP contribution is -2.21. The molecule has 1 aliphatic rings. The Morgan fingerprint density at radius 3 is 2.73 bits per heavy atom. The molecule has 1 saturated heterocycles. The SMILES string of the molecule is CCn1cc(C(=O)O)nc1N1CCCC1. The smallest absolute Gasteiger partial charge is 0.356 e. The fourth-order valence-electron chi connectivity index (χ4n) is 1.91. The predicted molar refractivity (Wildman–Crippen MR) is 56.3 cm³/mol. The van der Waals surface area contributed by atoms with Gasteiger partial charge in [0.1, 0.15) is 0 Å². The summed E-state index contributed by atoms with van der Waals surface area (Å²) in [5.41, 5.74) is 0.138. The Bertz CT molecular complexity index is 367. The minimum absolute atomic E-state index is 0.138. The molecule has 2 rings (SSSR count). The molecule has 2 heterocycles. The Labute approximate surface area is 88.3 Å². The van der Waals surface area contributed by atoms with Crippen LogP contribution in [0.2, 0.25) is 0 Å². The number of nitrogens with zero attached hydrogens (tertiary/aromatic N) is 3. The first-order valence-corrected chi connectivity index (χ1v) is 5.27. The number of anilines is 1. The van der Waals surface area contributed by atoms with Gasteiger partial charge in [0.25, 0.3) is 0 Å². The van der Waals surface area contributed by atoms with Crippen LogP contribution in [0.25, 0.3) is 0 Å². The lowest BCUT2D eigenvalue weighted by molar-refractivity contribution is 0.0691. The molecule has 15 heavy (non-hydrogen) atoms. The van der Waals surface area contributed by atoms with Gasteiger partial charge in [0.2, 0.25) is 5.95 Å². The van der Waals surface area contributed by atoms with Gasteiger partial charge in [0.05, 0.1) is 0 Å². The number of carboxylic acids is 1. The van der Waals surface area contributed by atoms with Crippen LogP contribution in [-0.4, -0.2) is 33.7 Å². The summed E-state index contributed by atoms with van der Waals surface area (Å²) >= 11 is 0. The molecule has 0 amide bonds. The van der Waals surface area contributed by atoms with Gasteiger partial charge in [-0.25, -0.2) is 9.78 Å². The summed E-state index contributed by atoms with van der Waals surface area (Å²) in [4.78, 5) is 17.1. The van der Waals surface area contributed by atoms with Crippen LogP contribution in [0.5, 0.6) is 0 Å². The van der Waals surface area contributed by atoms with E-state index in [1.807, 2.05) is 11.5 Å². The fraction of sp³-hybridized carbons (Fsp3) is 0.600. The molecular weight excluding hydrogens is 194 g/mol. The molecule has 0 unspecified atom stereocenters. The summed E-state index contributed by atoms with van der Waals surface area (Å²) in [6.07, 6.45) is 3.94. The molecule has 0 spiro atoms. The van der Waals surface area contributed by atoms with E-state index in [0.717, 1.165) is 25.6 Å². The Hall–Kier alpha value is -1.52. The molecule has 0 saturated carbocycles. The van der Waals surface area contributed by atoms with Gasteiger partial charge in [-0.1, -0.05) is 0 Å². The number of hydrogen-bond donors (Lipinski definition) is 1. The standard InChI is InChI=1S/C10H15N3O2/c1-2-12-7-8(9(14)15)11-10(12)13-5-3-4-6-13/h7H,2-6H2,1H3,(H,14,15). The molecule has 5 heteroatoms. The maximum absolute atomic E-state index is 10.8. The zero-order valence-electron chi connectivity index (χ0n) is 8.81. The third kappa shape index (κ3) is 1.82. The first-order chi connectivity index (χ1) is 7.22. The van der Waals surface area contributed by atoms with Crippen molar-refractivity contribution in [2.45, 2.75) is 26.3 Å². The maximum Gasteiger partial charge on any atom is 0.356 e. The van der Waals surface area contributed by atoms with Crippen LogP contribution in [0.15, 0.2) is 6.20 Å². The molecule has 0 atom stereocenters. The monoisotopic (exact) mass is 209 g/mol. The van der Waals surface area contributed by atoms with Crippen LogP contribution >= 0.6 is 0 Å². The van der Waals surface area contributed by atoms with Crippen LogP contribution in [-0.2, 0) is 6.54 Å². The molecule has 1 aromatic rings. The average molecular weight is 209 g/mol. The van der Waals surface area contributed by atoms with Crippen LogP contribution < -0.4 is 4.90 Å². The van der Waals surface area contributed by atoms with Gasteiger partial charge in [-0.05, 0) is 19.8 Å². The third-order valence-electron chi connectivity index (χ3n) is 2.70. The Kier molecular flexibility index (Phi) is 2.62. The highest BCUT2D eigenvalue weighted by atomic mass is 16.4. The highest BCUT2D eigenvalue weighted by molar-refractivity contribution is 5.85. The number of aryl methyl sites for hydroxylation is 1. The van der Waals surface area contributed by atoms with Gasteiger partial charge < -0.3 is 14.6 Å². The van der Waals surface area contributed by atoms with Crippen molar-refractivity contribution in [2.24, 2.45) is 0 Å². The van der Waals surface area contributed by atoms with Crippen molar-refractivity contribution in [3.63, 3.8) is 0 Å². The molecule has 5 nitrogen and oxygen atoms in total. The highest BCUT2D eigenvalue weighted by Gasteiger charge is 2.20. The van der Waals surface area contributed by atoms with Gasteiger partial charge in [0, 0.05) is 25.8 Å². The average Bonchev–Trinajstić information content (AvgIpc) is 2.86. The summed E-state index contributed by atoms with van der Waals surface area (Å²) < 4.78 is 1.90. The van der Waals surface area contributed by atoms with E-state index in [0.29, 0.717) is 0 Å². The van der Waals surface area contributed by atoms with Crippen LogP contribution in [0.3, 0.4) is 0 Å². The van der Waals surface area contributed by atoms with E-state index in [1.54, 1.807) is 6.20 Å². The maximum atomic E-state index is 10.8. The minimum atomic E-state index is -0.956. The quantitative estimate of drug-likeness (QED) is 0.812. The largest absolute Gasteiger partial charge is 0.476 e. The van der Waals surface area contributed by atoms with Crippen molar-refractivity contribution in [3.05, 3.63) is 11.9 Å². The van der Waals surface area contributed by atoms with E-state index in [9.17, 15) is 4.79 Å². The zero-order valence-corrected chi connectivity index (χ0v) is 8.81. The third-order valence-corrected chi connectivity index (χ3v) is 2.70. The first kappa shape index (κ1) is 10.0. The van der Waals surface area contributed by atoms with Crippen molar-refractivity contribution in [1.29, 1.82) is 0 Å². The Morgan fingerprint density at radius 1 is 1.53 bits per heavy atom.